The third kappa shape index (κ3) is 5.17. The highest BCUT2D eigenvalue weighted by atomic mass is 32.1. The molecule has 38 heavy (non-hydrogen) atoms. The number of hydrogen-bond donors (Lipinski definition) is 1. The Morgan fingerprint density at radius 2 is 1.63 bits per heavy atom. The lowest BCUT2D eigenvalue weighted by atomic mass is 10.0. The van der Waals surface area contributed by atoms with Crippen molar-refractivity contribution in [3.8, 4) is 28.4 Å². The quantitative estimate of drug-likeness (QED) is 0.240. The van der Waals surface area contributed by atoms with Crippen molar-refractivity contribution < 1.29 is 14.3 Å². The lowest BCUT2D eigenvalue weighted by Gasteiger charge is -2.15. The van der Waals surface area contributed by atoms with Crippen LogP contribution in [0.1, 0.15) is 24.8 Å². The summed E-state index contributed by atoms with van der Waals surface area (Å²) in [5.74, 6) is 1.84. The molecular formula is C30H27N3O4S. The van der Waals surface area contributed by atoms with Gasteiger partial charge < -0.3 is 14.8 Å². The molecular weight excluding hydrogens is 498 g/mol. The van der Waals surface area contributed by atoms with Gasteiger partial charge in [0.1, 0.15) is 28.1 Å². The molecule has 0 spiro atoms. The van der Waals surface area contributed by atoms with Crippen LogP contribution >= 0.6 is 11.3 Å². The lowest BCUT2D eigenvalue weighted by molar-refractivity contribution is -0.118. The van der Waals surface area contributed by atoms with Gasteiger partial charge in [-0.25, -0.2) is 4.98 Å². The smallest absolute Gasteiger partial charge is 0.263 e. The van der Waals surface area contributed by atoms with Crippen molar-refractivity contribution >= 4 is 33.1 Å². The van der Waals surface area contributed by atoms with Crippen LogP contribution in [-0.4, -0.2) is 22.1 Å². The zero-order valence-electron chi connectivity index (χ0n) is 21.3. The van der Waals surface area contributed by atoms with Gasteiger partial charge in [-0.05, 0) is 74.9 Å². The lowest BCUT2D eigenvalue weighted by Crippen LogP contribution is -2.31. The van der Waals surface area contributed by atoms with Crippen molar-refractivity contribution in [3.63, 3.8) is 0 Å². The average Bonchev–Trinajstić information content (AvgIpc) is 3.27. The normalized spacial score (nSPS) is 11.8. The van der Waals surface area contributed by atoms with E-state index < -0.39 is 6.04 Å². The van der Waals surface area contributed by atoms with Crippen molar-refractivity contribution in [2.24, 2.45) is 0 Å². The molecule has 0 saturated carbocycles. The number of rotatable bonds is 8. The van der Waals surface area contributed by atoms with Gasteiger partial charge in [0.15, 0.2) is 0 Å². The summed E-state index contributed by atoms with van der Waals surface area (Å²) >= 11 is 1.47. The number of benzene rings is 3. The van der Waals surface area contributed by atoms with E-state index in [1.165, 1.54) is 22.2 Å². The standard InChI is InChI=1S/C30H27N3O4S/c1-4-36-23-14-10-21(11-15-23)26-20(3)38-29-27(26)30(35)33(18-31-29)19(2)28(34)32-22-12-16-25(17-13-22)37-24-8-6-5-7-9-24/h5-19H,4H2,1-3H3,(H,32,34). The molecule has 0 aliphatic heterocycles. The zero-order valence-corrected chi connectivity index (χ0v) is 22.1. The number of para-hydroxylation sites is 1. The van der Waals surface area contributed by atoms with Crippen LogP contribution < -0.4 is 20.3 Å². The maximum Gasteiger partial charge on any atom is 0.263 e. The third-order valence-corrected chi connectivity index (χ3v) is 7.18. The highest BCUT2D eigenvalue weighted by Gasteiger charge is 2.22. The van der Waals surface area contributed by atoms with Gasteiger partial charge >= 0.3 is 0 Å². The second-order valence-corrected chi connectivity index (χ2v) is 9.94. The van der Waals surface area contributed by atoms with Gasteiger partial charge in [0.05, 0.1) is 18.3 Å². The number of hydrogen-bond acceptors (Lipinski definition) is 6. The number of aryl methyl sites for hydroxylation is 1. The highest BCUT2D eigenvalue weighted by molar-refractivity contribution is 7.19. The van der Waals surface area contributed by atoms with Gasteiger partial charge in [-0.15, -0.1) is 11.3 Å². The molecule has 1 amide bonds. The first-order valence-corrected chi connectivity index (χ1v) is 13.1. The number of nitrogens with zero attached hydrogens (tertiary/aromatic N) is 2. The first kappa shape index (κ1) is 25.2. The third-order valence-electron chi connectivity index (χ3n) is 6.16. The predicted molar refractivity (Wildman–Crippen MR) is 152 cm³/mol. The van der Waals surface area contributed by atoms with Crippen LogP contribution in [0.4, 0.5) is 5.69 Å². The Balaban J connectivity index is 1.38. The predicted octanol–water partition coefficient (Wildman–Crippen LogP) is 6.82. The van der Waals surface area contributed by atoms with Crippen LogP contribution in [0, 0.1) is 6.92 Å². The summed E-state index contributed by atoms with van der Waals surface area (Å²) in [4.78, 5) is 32.9. The maximum absolute atomic E-state index is 13.6. The van der Waals surface area contributed by atoms with E-state index in [1.807, 2.05) is 68.4 Å². The van der Waals surface area contributed by atoms with Gasteiger partial charge in [-0.1, -0.05) is 30.3 Å². The molecule has 2 aromatic heterocycles. The van der Waals surface area contributed by atoms with E-state index in [2.05, 4.69) is 10.3 Å². The monoisotopic (exact) mass is 525 g/mol. The van der Waals surface area contributed by atoms with Crippen molar-refractivity contribution in [1.29, 1.82) is 0 Å². The van der Waals surface area contributed by atoms with E-state index in [0.29, 0.717) is 28.3 Å². The Hall–Kier alpha value is -4.43. The molecule has 0 fully saturated rings. The summed E-state index contributed by atoms with van der Waals surface area (Å²) in [6.45, 7) is 6.18. The Kier molecular flexibility index (Phi) is 7.24. The minimum atomic E-state index is -0.770. The molecule has 1 N–H and O–H groups in total. The van der Waals surface area contributed by atoms with Crippen LogP contribution in [0.2, 0.25) is 0 Å². The SMILES string of the molecule is CCOc1ccc(-c2c(C)sc3ncn(C(C)C(=O)Nc4ccc(Oc5ccccc5)cc4)c(=O)c23)cc1. The summed E-state index contributed by atoms with van der Waals surface area (Å²) in [5.41, 5.74) is 2.09. The summed E-state index contributed by atoms with van der Waals surface area (Å²) in [5, 5.41) is 3.40. The largest absolute Gasteiger partial charge is 0.494 e. The number of aromatic nitrogens is 2. The van der Waals surface area contributed by atoms with E-state index in [9.17, 15) is 9.59 Å². The number of anilines is 1. The van der Waals surface area contributed by atoms with Gasteiger partial charge in [0.2, 0.25) is 5.91 Å². The van der Waals surface area contributed by atoms with E-state index in [-0.39, 0.29) is 11.5 Å². The fourth-order valence-electron chi connectivity index (χ4n) is 4.23. The molecule has 0 radical (unpaired) electrons. The van der Waals surface area contributed by atoms with Gasteiger partial charge in [0.25, 0.3) is 5.56 Å². The maximum atomic E-state index is 13.6. The topological polar surface area (TPSA) is 82.5 Å². The second-order valence-electron chi connectivity index (χ2n) is 8.73. The fourth-order valence-corrected chi connectivity index (χ4v) is 5.23. The van der Waals surface area contributed by atoms with E-state index >= 15 is 0 Å². The van der Waals surface area contributed by atoms with E-state index in [0.717, 1.165) is 27.5 Å². The molecule has 0 saturated heterocycles. The molecule has 1 atom stereocenters. The van der Waals surface area contributed by atoms with Crippen LogP contribution in [0.5, 0.6) is 17.2 Å². The number of ether oxygens (including phenoxy) is 2. The molecule has 1 unspecified atom stereocenters. The fraction of sp³-hybridized carbons (Fsp3) is 0.167. The second kappa shape index (κ2) is 10.9. The molecule has 0 aliphatic carbocycles. The number of amides is 1. The number of fused-ring (bicyclic) bond motifs is 1. The summed E-state index contributed by atoms with van der Waals surface area (Å²) in [6.07, 6.45) is 1.45. The number of carbonyl (C=O) groups is 1. The highest BCUT2D eigenvalue weighted by Crippen LogP contribution is 2.36. The molecule has 0 bridgehead atoms. The molecule has 8 heteroatoms. The number of thiophene rings is 1. The minimum absolute atomic E-state index is 0.252. The Labute approximate surface area is 224 Å². The van der Waals surface area contributed by atoms with Crippen LogP contribution in [0.25, 0.3) is 21.3 Å². The van der Waals surface area contributed by atoms with Gasteiger partial charge in [-0.3, -0.25) is 14.2 Å². The zero-order chi connectivity index (χ0) is 26.6. The molecule has 5 aromatic rings. The van der Waals surface area contributed by atoms with Crippen molar-refractivity contribution in [2.75, 3.05) is 11.9 Å². The molecule has 3 aromatic carbocycles. The molecule has 5 rings (SSSR count). The molecule has 7 nitrogen and oxygen atoms in total. The first-order valence-electron chi connectivity index (χ1n) is 12.3. The Morgan fingerprint density at radius 1 is 0.974 bits per heavy atom. The van der Waals surface area contributed by atoms with Crippen LogP contribution in [0.15, 0.2) is 90.0 Å². The Morgan fingerprint density at radius 3 is 2.32 bits per heavy atom. The van der Waals surface area contributed by atoms with Gasteiger partial charge in [-0.2, -0.15) is 0 Å². The van der Waals surface area contributed by atoms with E-state index in [4.69, 9.17) is 9.47 Å². The molecule has 0 aliphatic rings. The van der Waals surface area contributed by atoms with Crippen LogP contribution in [-0.2, 0) is 4.79 Å². The average molecular weight is 526 g/mol. The van der Waals surface area contributed by atoms with Crippen molar-refractivity contribution in [2.45, 2.75) is 26.8 Å². The number of nitrogens with one attached hydrogen (secondary N) is 1. The molecule has 2 heterocycles. The van der Waals surface area contributed by atoms with Gasteiger partial charge in [0, 0.05) is 16.1 Å². The Bertz CT molecular complexity index is 1630. The van der Waals surface area contributed by atoms with Crippen molar-refractivity contribution in [3.05, 3.63) is 100 Å². The van der Waals surface area contributed by atoms with Crippen LogP contribution in [0.3, 0.4) is 0 Å². The summed E-state index contributed by atoms with van der Waals surface area (Å²) in [7, 11) is 0. The first-order chi connectivity index (χ1) is 18.4. The van der Waals surface area contributed by atoms with E-state index in [1.54, 1.807) is 31.2 Å². The van der Waals surface area contributed by atoms with Crippen molar-refractivity contribution in [1.82, 2.24) is 9.55 Å². The summed E-state index contributed by atoms with van der Waals surface area (Å²) in [6, 6.07) is 23.5. The minimum Gasteiger partial charge on any atom is -0.494 e. The molecule has 192 valence electrons. The summed E-state index contributed by atoms with van der Waals surface area (Å²) < 4.78 is 12.7. The number of carbonyl (C=O) groups excluding carboxylic acids is 1.